The summed E-state index contributed by atoms with van der Waals surface area (Å²) in [5, 5.41) is 8.58. The molecule has 5 heteroatoms. The van der Waals surface area contributed by atoms with Crippen LogP contribution in [0.25, 0.3) is 0 Å². The van der Waals surface area contributed by atoms with Gasteiger partial charge in [0.25, 0.3) is 5.91 Å². The molecule has 0 aromatic carbocycles. The summed E-state index contributed by atoms with van der Waals surface area (Å²) in [7, 11) is 1.74. The molecule has 0 saturated heterocycles. The molecule has 12 heavy (non-hydrogen) atoms. The second-order valence-corrected chi connectivity index (χ2v) is 2.74. The van der Waals surface area contributed by atoms with Crippen molar-refractivity contribution in [3.05, 3.63) is 0 Å². The third kappa shape index (κ3) is 4.58. The van der Waals surface area contributed by atoms with E-state index in [1.165, 1.54) is 0 Å². The molecule has 0 aromatic rings. The number of rotatable bonds is 6. The van der Waals surface area contributed by atoms with Crippen LogP contribution < -0.4 is 16.0 Å². The Labute approximate surface area is 78.9 Å². The first-order valence-corrected chi connectivity index (χ1v) is 4.68. The first-order valence-electron chi connectivity index (χ1n) is 4.05. The van der Waals surface area contributed by atoms with Gasteiger partial charge in [-0.2, -0.15) is 12.6 Å². The van der Waals surface area contributed by atoms with E-state index in [4.69, 9.17) is 0 Å². The summed E-state index contributed by atoms with van der Waals surface area (Å²) < 4.78 is 0. The normalized spacial score (nSPS) is 12.6. The summed E-state index contributed by atoms with van der Waals surface area (Å²) in [5.74, 6) is 0.627. The number of hydrogen-bond donors (Lipinski definition) is 4. The fourth-order valence-electron chi connectivity index (χ4n) is 0.811. The second kappa shape index (κ2) is 7.39. The van der Waals surface area contributed by atoms with Crippen LogP contribution in [0.5, 0.6) is 0 Å². The van der Waals surface area contributed by atoms with Crippen molar-refractivity contribution >= 4 is 18.5 Å². The van der Waals surface area contributed by atoms with E-state index in [0.29, 0.717) is 12.3 Å². The van der Waals surface area contributed by atoms with Crippen LogP contribution in [-0.4, -0.2) is 38.0 Å². The van der Waals surface area contributed by atoms with Gasteiger partial charge in [0, 0.05) is 12.3 Å². The first kappa shape index (κ1) is 11.7. The number of thiol groups is 1. The Morgan fingerprint density at radius 2 is 2.25 bits per heavy atom. The molecule has 3 N–H and O–H groups in total. The maximum absolute atomic E-state index is 11.3. The van der Waals surface area contributed by atoms with Crippen LogP contribution in [-0.2, 0) is 4.79 Å². The number of amides is 1. The molecule has 0 fully saturated rings. The van der Waals surface area contributed by atoms with Crippen molar-refractivity contribution in [1.82, 2.24) is 16.0 Å². The van der Waals surface area contributed by atoms with Crippen molar-refractivity contribution in [1.29, 1.82) is 0 Å². The van der Waals surface area contributed by atoms with E-state index in [1.54, 1.807) is 7.05 Å². The molecule has 4 nitrogen and oxygen atoms in total. The van der Waals surface area contributed by atoms with Gasteiger partial charge in [0.1, 0.15) is 6.17 Å². The highest BCUT2D eigenvalue weighted by atomic mass is 32.1. The van der Waals surface area contributed by atoms with Crippen molar-refractivity contribution in [3.8, 4) is 0 Å². The first-order chi connectivity index (χ1) is 5.76. The van der Waals surface area contributed by atoms with Crippen LogP contribution in [0.1, 0.15) is 6.92 Å². The average molecular weight is 191 g/mol. The van der Waals surface area contributed by atoms with Crippen LogP contribution in [0.2, 0.25) is 0 Å². The van der Waals surface area contributed by atoms with E-state index in [9.17, 15) is 4.79 Å². The molecule has 0 rings (SSSR count). The van der Waals surface area contributed by atoms with Gasteiger partial charge in [-0.25, -0.2) is 0 Å². The SMILES string of the molecule is CCNC(NC)C(=O)NCCS. The predicted octanol–water partition coefficient (Wildman–Crippen LogP) is -0.813. The van der Waals surface area contributed by atoms with Crippen molar-refractivity contribution in [2.45, 2.75) is 13.1 Å². The number of hydrogen-bond acceptors (Lipinski definition) is 4. The van der Waals surface area contributed by atoms with Gasteiger partial charge in [0.15, 0.2) is 0 Å². The zero-order valence-electron chi connectivity index (χ0n) is 7.55. The number of carbonyl (C=O) groups is 1. The molecule has 0 aliphatic rings. The lowest BCUT2D eigenvalue weighted by Gasteiger charge is -2.15. The molecule has 0 bridgehead atoms. The van der Waals surface area contributed by atoms with Gasteiger partial charge in [-0.05, 0) is 13.6 Å². The molecule has 0 aliphatic carbocycles. The van der Waals surface area contributed by atoms with Crippen LogP contribution in [0, 0.1) is 0 Å². The molecule has 1 unspecified atom stereocenters. The third-order valence-corrected chi connectivity index (χ3v) is 1.59. The lowest BCUT2D eigenvalue weighted by molar-refractivity contribution is -0.123. The van der Waals surface area contributed by atoms with Crippen LogP contribution in [0.15, 0.2) is 0 Å². The fraction of sp³-hybridized carbons (Fsp3) is 0.857. The van der Waals surface area contributed by atoms with E-state index >= 15 is 0 Å². The molecule has 0 spiro atoms. The quantitative estimate of drug-likeness (QED) is 0.328. The van der Waals surface area contributed by atoms with E-state index in [2.05, 4.69) is 28.6 Å². The Hall–Kier alpha value is -0.260. The van der Waals surface area contributed by atoms with Crippen molar-refractivity contribution in [2.75, 3.05) is 25.9 Å². The zero-order chi connectivity index (χ0) is 9.40. The van der Waals surface area contributed by atoms with Crippen LogP contribution >= 0.6 is 12.6 Å². The van der Waals surface area contributed by atoms with Crippen molar-refractivity contribution in [3.63, 3.8) is 0 Å². The second-order valence-electron chi connectivity index (χ2n) is 2.29. The Balaban J connectivity index is 3.69. The minimum atomic E-state index is -0.296. The maximum atomic E-state index is 11.3. The summed E-state index contributed by atoms with van der Waals surface area (Å²) in [4.78, 5) is 11.3. The van der Waals surface area contributed by atoms with E-state index in [0.717, 1.165) is 6.54 Å². The van der Waals surface area contributed by atoms with E-state index in [1.807, 2.05) is 6.92 Å². The molecule has 1 amide bonds. The molecule has 72 valence electrons. The van der Waals surface area contributed by atoms with Crippen molar-refractivity contribution in [2.24, 2.45) is 0 Å². The van der Waals surface area contributed by atoms with E-state index < -0.39 is 0 Å². The highest BCUT2D eigenvalue weighted by Gasteiger charge is 2.12. The smallest absolute Gasteiger partial charge is 0.251 e. The van der Waals surface area contributed by atoms with Gasteiger partial charge < -0.3 is 5.32 Å². The molecule has 0 radical (unpaired) electrons. The van der Waals surface area contributed by atoms with E-state index in [-0.39, 0.29) is 12.1 Å². The van der Waals surface area contributed by atoms with Crippen LogP contribution in [0.3, 0.4) is 0 Å². The lowest BCUT2D eigenvalue weighted by atomic mass is 10.4. The molecular formula is C7H17N3OS. The Morgan fingerprint density at radius 3 is 2.67 bits per heavy atom. The largest absolute Gasteiger partial charge is 0.353 e. The molecule has 0 heterocycles. The summed E-state index contributed by atoms with van der Waals surface area (Å²) in [6, 6.07) is 0. The lowest BCUT2D eigenvalue weighted by Crippen LogP contribution is -2.52. The molecule has 0 aromatic heterocycles. The highest BCUT2D eigenvalue weighted by molar-refractivity contribution is 7.80. The summed E-state index contributed by atoms with van der Waals surface area (Å²) >= 11 is 3.99. The van der Waals surface area contributed by atoms with Gasteiger partial charge in [-0.3, -0.25) is 15.4 Å². The monoisotopic (exact) mass is 191 g/mol. The fourth-order valence-corrected chi connectivity index (χ4v) is 0.923. The van der Waals surface area contributed by atoms with Crippen molar-refractivity contribution < 1.29 is 4.79 Å². The zero-order valence-corrected chi connectivity index (χ0v) is 8.45. The average Bonchev–Trinajstić information content (AvgIpc) is 2.10. The van der Waals surface area contributed by atoms with Gasteiger partial charge in [0.05, 0.1) is 0 Å². The Kier molecular flexibility index (Phi) is 7.23. The summed E-state index contributed by atoms with van der Waals surface area (Å²) in [6.07, 6.45) is -0.296. The topological polar surface area (TPSA) is 53.2 Å². The van der Waals surface area contributed by atoms with Gasteiger partial charge >= 0.3 is 0 Å². The minimum absolute atomic E-state index is 0.0339. The predicted molar refractivity (Wildman–Crippen MR) is 53.4 cm³/mol. The number of carbonyl (C=O) groups excluding carboxylic acids is 1. The maximum Gasteiger partial charge on any atom is 0.251 e. The third-order valence-electron chi connectivity index (χ3n) is 1.37. The molecule has 0 aliphatic heterocycles. The van der Waals surface area contributed by atoms with Gasteiger partial charge in [-0.1, -0.05) is 6.92 Å². The Bertz CT molecular complexity index is 132. The molecular weight excluding hydrogens is 174 g/mol. The Morgan fingerprint density at radius 1 is 1.58 bits per heavy atom. The summed E-state index contributed by atoms with van der Waals surface area (Å²) in [5.41, 5.74) is 0. The molecule has 0 saturated carbocycles. The van der Waals surface area contributed by atoms with Crippen LogP contribution in [0.4, 0.5) is 0 Å². The summed E-state index contributed by atoms with van der Waals surface area (Å²) in [6.45, 7) is 3.32. The number of likely N-dealkylation sites (N-methyl/N-ethyl adjacent to an activating group) is 2. The minimum Gasteiger partial charge on any atom is -0.353 e. The standard InChI is InChI=1S/C7H17N3OS/c1-3-9-6(8-2)7(11)10-4-5-12/h6,8-9,12H,3-5H2,1-2H3,(H,10,11). The van der Waals surface area contributed by atoms with Gasteiger partial charge in [-0.15, -0.1) is 0 Å². The molecule has 1 atom stereocenters. The van der Waals surface area contributed by atoms with Gasteiger partial charge in [0.2, 0.25) is 0 Å². The highest BCUT2D eigenvalue weighted by Crippen LogP contribution is 1.77. The number of nitrogens with one attached hydrogen (secondary N) is 3.